The van der Waals surface area contributed by atoms with E-state index in [4.69, 9.17) is 4.74 Å². The van der Waals surface area contributed by atoms with Crippen LogP contribution in [0.5, 0.6) is 0 Å². The quantitative estimate of drug-likeness (QED) is 0.725. The van der Waals surface area contributed by atoms with E-state index in [-0.39, 0.29) is 5.92 Å². The molecule has 28 heavy (non-hydrogen) atoms. The van der Waals surface area contributed by atoms with Gasteiger partial charge in [-0.05, 0) is 35.4 Å². The zero-order valence-electron chi connectivity index (χ0n) is 17.6. The second-order valence-electron chi connectivity index (χ2n) is 8.45. The average Bonchev–Trinajstić information content (AvgIpc) is 2.73. The van der Waals surface area contributed by atoms with Gasteiger partial charge in [0, 0.05) is 25.6 Å². The molecule has 1 fully saturated rings. The summed E-state index contributed by atoms with van der Waals surface area (Å²) >= 11 is 0. The molecule has 2 aromatic carbocycles. The zero-order valence-corrected chi connectivity index (χ0v) is 17.6. The second-order valence-corrected chi connectivity index (χ2v) is 8.45. The number of rotatable bonds is 8. The summed E-state index contributed by atoms with van der Waals surface area (Å²) in [4.78, 5) is 2.44. The van der Waals surface area contributed by atoms with Crippen LogP contribution in [-0.2, 0) is 16.8 Å². The molecule has 1 aliphatic rings. The Hall–Kier alpha value is -1.68. The molecule has 0 aliphatic carbocycles. The molecule has 0 spiro atoms. The highest BCUT2D eigenvalue weighted by atomic mass is 16.5. The van der Waals surface area contributed by atoms with Crippen molar-refractivity contribution < 1.29 is 9.84 Å². The van der Waals surface area contributed by atoms with Crippen LogP contribution >= 0.6 is 0 Å². The van der Waals surface area contributed by atoms with Gasteiger partial charge in [-0.15, -0.1) is 0 Å². The summed E-state index contributed by atoms with van der Waals surface area (Å²) in [5.74, 6) is 0.411. The Morgan fingerprint density at radius 2 is 1.64 bits per heavy atom. The van der Waals surface area contributed by atoms with Gasteiger partial charge in [-0.1, -0.05) is 75.4 Å². The largest absolute Gasteiger partial charge is 0.384 e. The number of benzene rings is 2. The van der Waals surface area contributed by atoms with Crippen LogP contribution in [0.1, 0.15) is 49.8 Å². The molecule has 3 nitrogen and oxygen atoms in total. The summed E-state index contributed by atoms with van der Waals surface area (Å²) in [6.45, 7) is 10.8. The first-order valence-corrected chi connectivity index (χ1v) is 10.7. The molecule has 1 saturated heterocycles. The Morgan fingerprint density at radius 1 is 1.00 bits per heavy atom. The van der Waals surface area contributed by atoms with E-state index in [1.54, 1.807) is 0 Å². The fourth-order valence-electron chi connectivity index (χ4n) is 4.37. The van der Waals surface area contributed by atoms with Gasteiger partial charge in [0.2, 0.25) is 0 Å². The van der Waals surface area contributed by atoms with E-state index in [1.807, 2.05) is 6.07 Å². The average molecular weight is 382 g/mol. The molecule has 1 aliphatic heterocycles. The van der Waals surface area contributed by atoms with E-state index >= 15 is 0 Å². The SMILES string of the molecule is CCc1ccc([C@](O)(CC(C)C)[C@@H](CN2CCOCC2)c2ccccc2)cc1. The summed E-state index contributed by atoms with van der Waals surface area (Å²) in [6.07, 6.45) is 1.75. The molecule has 0 unspecified atom stereocenters. The molecule has 2 aromatic rings. The van der Waals surface area contributed by atoms with Crippen LogP contribution in [0.3, 0.4) is 0 Å². The zero-order chi connectivity index (χ0) is 20.0. The molecule has 0 amide bonds. The highest BCUT2D eigenvalue weighted by Gasteiger charge is 2.40. The van der Waals surface area contributed by atoms with Crippen LogP contribution in [0, 0.1) is 5.92 Å². The molecular weight excluding hydrogens is 346 g/mol. The van der Waals surface area contributed by atoms with Gasteiger partial charge < -0.3 is 9.84 Å². The van der Waals surface area contributed by atoms with Gasteiger partial charge in [-0.2, -0.15) is 0 Å². The van der Waals surface area contributed by atoms with Gasteiger partial charge in [0.15, 0.2) is 0 Å². The highest BCUT2D eigenvalue weighted by Crippen LogP contribution is 2.42. The summed E-state index contributed by atoms with van der Waals surface area (Å²) < 4.78 is 5.54. The van der Waals surface area contributed by atoms with Gasteiger partial charge in [0.1, 0.15) is 0 Å². The van der Waals surface area contributed by atoms with Crippen molar-refractivity contribution >= 4 is 0 Å². The van der Waals surface area contributed by atoms with E-state index < -0.39 is 5.60 Å². The lowest BCUT2D eigenvalue weighted by molar-refractivity contribution is -0.0356. The second kappa shape index (κ2) is 9.69. The maximum absolute atomic E-state index is 12.2. The predicted octanol–water partition coefficient (Wildman–Crippen LogP) is 4.60. The van der Waals surface area contributed by atoms with Crippen molar-refractivity contribution in [2.24, 2.45) is 5.92 Å². The predicted molar refractivity (Wildman–Crippen MR) is 116 cm³/mol. The fraction of sp³-hybridized carbons (Fsp3) is 0.520. The first-order chi connectivity index (χ1) is 13.5. The van der Waals surface area contributed by atoms with Crippen molar-refractivity contribution in [3.05, 3.63) is 71.3 Å². The van der Waals surface area contributed by atoms with Gasteiger partial charge >= 0.3 is 0 Å². The van der Waals surface area contributed by atoms with E-state index in [0.29, 0.717) is 5.92 Å². The van der Waals surface area contributed by atoms with Gasteiger partial charge in [-0.3, -0.25) is 4.90 Å². The van der Waals surface area contributed by atoms with E-state index in [0.717, 1.165) is 51.3 Å². The minimum absolute atomic E-state index is 0.0154. The number of aryl methyl sites for hydroxylation is 1. The Morgan fingerprint density at radius 3 is 2.21 bits per heavy atom. The summed E-state index contributed by atoms with van der Waals surface area (Å²) in [5, 5.41) is 12.2. The lowest BCUT2D eigenvalue weighted by atomic mass is 9.72. The maximum Gasteiger partial charge on any atom is 0.0979 e. The first kappa shape index (κ1) is 21.0. The third-order valence-electron chi connectivity index (χ3n) is 5.90. The molecule has 2 atom stereocenters. The normalized spacial score (nSPS) is 18.8. The number of morpholine rings is 1. The van der Waals surface area contributed by atoms with Gasteiger partial charge in [0.25, 0.3) is 0 Å². The molecule has 1 heterocycles. The molecule has 0 saturated carbocycles. The fourth-order valence-corrected chi connectivity index (χ4v) is 4.37. The number of aliphatic hydroxyl groups is 1. The van der Waals surface area contributed by atoms with Crippen LogP contribution in [0.15, 0.2) is 54.6 Å². The van der Waals surface area contributed by atoms with Gasteiger partial charge in [-0.25, -0.2) is 0 Å². The highest BCUT2D eigenvalue weighted by molar-refractivity contribution is 5.34. The van der Waals surface area contributed by atoms with Crippen molar-refractivity contribution in [2.75, 3.05) is 32.8 Å². The minimum atomic E-state index is -0.903. The Balaban J connectivity index is 2.01. The summed E-state index contributed by atoms with van der Waals surface area (Å²) in [6, 6.07) is 19.1. The first-order valence-electron chi connectivity index (χ1n) is 10.7. The molecule has 0 bridgehead atoms. The monoisotopic (exact) mass is 381 g/mol. The van der Waals surface area contributed by atoms with E-state index in [2.05, 4.69) is 74.2 Å². The molecule has 0 radical (unpaired) electrons. The van der Waals surface area contributed by atoms with Crippen molar-refractivity contribution in [3.63, 3.8) is 0 Å². The maximum atomic E-state index is 12.2. The van der Waals surface area contributed by atoms with Crippen LogP contribution < -0.4 is 0 Å². The number of ether oxygens (including phenoxy) is 1. The number of hydrogen-bond donors (Lipinski definition) is 1. The van der Waals surface area contributed by atoms with Crippen molar-refractivity contribution in [3.8, 4) is 0 Å². The van der Waals surface area contributed by atoms with Crippen LogP contribution in [0.2, 0.25) is 0 Å². The molecule has 152 valence electrons. The molecule has 0 aromatic heterocycles. The summed E-state index contributed by atoms with van der Waals surface area (Å²) in [5.41, 5.74) is 2.64. The Labute approximate surface area is 170 Å². The molecular formula is C25H35NO2. The Bertz CT molecular complexity index is 707. The van der Waals surface area contributed by atoms with Gasteiger partial charge in [0.05, 0.1) is 18.8 Å². The topological polar surface area (TPSA) is 32.7 Å². The third-order valence-corrected chi connectivity index (χ3v) is 5.90. The lowest BCUT2D eigenvalue weighted by Gasteiger charge is -2.42. The van der Waals surface area contributed by atoms with Crippen LogP contribution in [0.25, 0.3) is 0 Å². The Kier molecular flexibility index (Phi) is 7.28. The third kappa shape index (κ3) is 5.02. The number of nitrogens with zero attached hydrogens (tertiary/aromatic N) is 1. The molecule has 1 N–H and O–H groups in total. The smallest absolute Gasteiger partial charge is 0.0979 e. The molecule has 3 rings (SSSR count). The van der Waals surface area contributed by atoms with E-state index in [9.17, 15) is 5.11 Å². The van der Waals surface area contributed by atoms with Crippen molar-refractivity contribution in [1.82, 2.24) is 4.90 Å². The number of hydrogen-bond acceptors (Lipinski definition) is 3. The van der Waals surface area contributed by atoms with Crippen LogP contribution in [0.4, 0.5) is 0 Å². The van der Waals surface area contributed by atoms with Crippen LogP contribution in [-0.4, -0.2) is 42.9 Å². The van der Waals surface area contributed by atoms with Crippen molar-refractivity contribution in [2.45, 2.75) is 45.1 Å². The van der Waals surface area contributed by atoms with Crippen molar-refractivity contribution in [1.29, 1.82) is 0 Å². The van der Waals surface area contributed by atoms with E-state index in [1.165, 1.54) is 11.1 Å². The minimum Gasteiger partial charge on any atom is -0.384 e. The summed E-state index contributed by atoms with van der Waals surface area (Å²) in [7, 11) is 0. The lowest BCUT2D eigenvalue weighted by Crippen LogP contribution is -2.45. The molecule has 3 heteroatoms. The standard InChI is InChI=1S/C25H35NO2/c1-4-21-10-12-23(13-11-21)25(27,18-20(2)3)24(22-8-6-5-7-9-22)19-26-14-16-28-17-15-26/h5-13,20,24,27H,4,14-19H2,1-3H3/t24-,25+/m0/s1.